The predicted octanol–water partition coefficient (Wildman–Crippen LogP) is 2.38. The van der Waals surface area contributed by atoms with Gasteiger partial charge in [-0.1, -0.05) is 18.2 Å². The Hall–Kier alpha value is -2.24. The van der Waals surface area contributed by atoms with Crippen LogP contribution in [0.5, 0.6) is 0 Å². The van der Waals surface area contributed by atoms with Crippen LogP contribution in [0.15, 0.2) is 48.7 Å². The van der Waals surface area contributed by atoms with Crippen LogP contribution in [0.2, 0.25) is 0 Å². The Labute approximate surface area is 116 Å². The second-order valence-electron chi connectivity index (χ2n) is 4.36. The van der Waals surface area contributed by atoms with Gasteiger partial charge in [0, 0.05) is 17.4 Å². The van der Waals surface area contributed by atoms with E-state index < -0.39 is 0 Å². The number of nitrogens with one attached hydrogen (secondary N) is 1. The Morgan fingerprint density at radius 1 is 1.10 bits per heavy atom. The highest BCUT2D eigenvalue weighted by atomic mass is 16.7. The Bertz CT molecular complexity index is 578. The second-order valence-corrected chi connectivity index (χ2v) is 4.36. The first-order valence-electron chi connectivity index (χ1n) is 6.38. The van der Waals surface area contributed by atoms with E-state index in [0.29, 0.717) is 24.6 Å². The number of aromatic nitrogens is 1. The first-order valence-corrected chi connectivity index (χ1v) is 6.38. The first-order chi connectivity index (χ1) is 9.83. The Morgan fingerprint density at radius 3 is 2.50 bits per heavy atom. The molecule has 1 aromatic heterocycles. The SMILES string of the molecule is O=C(Nc1ccc(C2OCCO2)cc1)c1ccccn1. The van der Waals surface area contributed by atoms with E-state index >= 15 is 0 Å². The van der Waals surface area contributed by atoms with Crippen LogP contribution in [0.1, 0.15) is 22.3 Å². The van der Waals surface area contributed by atoms with E-state index in [4.69, 9.17) is 9.47 Å². The molecule has 5 nitrogen and oxygen atoms in total. The number of pyridine rings is 1. The third-order valence-electron chi connectivity index (χ3n) is 2.96. The Morgan fingerprint density at radius 2 is 1.85 bits per heavy atom. The molecule has 0 saturated carbocycles. The summed E-state index contributed by atoms with van der Waals surface area (Å²) in [7, 11) is 0. The molecule has 2 heterocycles. The minimum absolute atomic E-state index is 0.230. The molecule has 1 N–H and O–H groups in total. The van der Waals surface area contributed by atoms with Gasteiger partial charge in [0.25, 0.3) is 5.91 Å². The number of carbonyl (C=O) groups excluding carboxylic acids is 1. The molecule has 0 aliphatic carbocycles. The molecule has 1 aliphatic heterocycles. The fraction of sp³-hybridized carbons (Fsp3) is 0.200. The normalized spacial score (nSPS) is 15.2. The second kappa shape index (κ2) is 5.81. The highest BCUT2D eigenvalue weighted by Crippen LogP contribution is 2.24. The van der Waals surface area contributed by atoms with Crippen molar-refractivity contribution in [2.75, 3.05) is 18.5 Å². The molecule has 102 valence electrons. The average molecular weight is 270 g/mol. The van der Waals surface area contributed by atoms with Crippen LogP contribution in [0.3, 0.4) is 0 Å². The summed E-state index contributed by atoms with van der Waals surface area (Å²) in [5.74, 6) is -0.230. The molecule has 1 amide bonds. The van der Waals surface area contributed by atoms with Gasteiger partial charge in [-0.2, -0.15) is 0 Å². The Kier molecular flexibility index (Phi) is 3.71. The molecule has 3 rings (SSSR count). The highest BCUT2D eigenvalue weighted by molar-refractivity contribution is 6.02. The van der Waals surface area contributed by atoms with Crippen LogP contribution in [-0.4, -0.2) is 24.1 Å². The zero-order valence-corrected chi connectivity index (χ0v) is 10.8. The molecular weight excluding hydrogens is 256 g/mol. The molecule has 0 atom stereocenters. The summed E-state index contributed by atoms with van der Waals surface area (Å²) >= 11 is 0. The van der Waals surface area contributed by atoms with Gasteiger partial charge in [-0.25, -0.2) is 0 Å². The third-order valence-corrected chi connectivity index (χ3v) is 2.96. The molecule has 1 fully saturated rings. The number of benzene rings is 1. The maximum absolute atomic E-state index is 11.9. The fourth-order valence-corrected chi connectivity index (χ4v) is 1.97. The smallest absolute Gasteiger partial charge is 0.274 e. The number of anilines is 1. The fourth-order valence-electron chi connectivity index (χ4n) is 1.97. The van der Waals surface area contributed by atoms with E-state index in [-0.39, 0.29) is 12.2 Å². The van der Waals surface area contributed by atoms with E-state index in [2.05, 4.69) is 10.3 Å². The molecule has 0 unspecified atom stereocenters. The molecule has 1 saturated heterocycles. The average Bonchev–Trinajstić information content (AvgIpc) is 3.03. The number of hydrogen-bond donors (Lipinski definition) is 1. The van der Waals surface area contributed by atoms with Gasteiger partial charge in [0.15, 0.2) is 6.29 Å². The van der Waals surface area contributed by atoms with Gasteiger partial charge in [-0.05, 0) is 24.3 Å². The van der Waals surface area contributed by atoms with Gasteiger partial charge in [-0.3, -0.25) is 9.78 Å². The lowest BCUT2D eigenvalue weighted by atomic mass is 10.2. The quantitative estimate of drug-likeness (QED) is 0.930. The van der Waals surface area contributed by atoms with Crippen LogP contribution in [0.25, 0.3) is 0 Å². The minimum Gasteiger partial charge on any atom is -0.346 e. The topological polar surface area (TPSA) is 60.5 Å². The lowest BCUT2D eigenvalue weighted by Crippen LogP contribution is -2.13. The number of amides is 1. The standard InChI is InChI=1S/C15H14N2O3/c18-14(13-3-1-2-8-16-13)17-12-6-4-11(5-7-12)15-19-9-10-20-15/h1-8,15H,9-10H2,(H,17,18). The lowest BCUT2D eigenvalue weighted by Gasteiger charge is -2.10. The molecule has 0 bridgehead atoms. The van der Waals surface area contributed by atoms with Gasteiger partial charge in [0.05, 0.1) is 13.2 Å². The highest BCUT2D eigenvalue weighted by Gasteiger charge is 2.17. The maximum atomic E-state index is 11.9. The van der Waals surface area contributed by atoms with Crippen LogP contribution >= 0.6 is 0 Å². The van der Waals surface area contributed by atoms with E-state index in [1.807, 2.05) is 24.3 Å². The molecule has 5 heteroatoms. The summed E-state index contributed by atoms with van der Waals surface area (Å²) in [6.07, 6.45) is 1.29. The summed E-state index contributed by atoms with van der Waals surface area (Å²) in [6, 6.07) is 12.6. The molecule has 1 aliphatic rings. The lowest BCUT2D eigenvalue weighted by molar-refractivity contribution is -0.0441. The number of rotatable bonds is 3. The summed E-state index contributed by atoms with van der Waals surface area (Å²) in [6.45, 7) is 1.23. The van der Waals surface area contributed by atoms with Crippen molar-refractivity contribution < 1.29 is 14.3 Å². The molecule has 1 aromatic carbocycles. The summed E-state index contributed by atoms with van der Waals surface area (Å²) < 4.78 is 10.8. The van der Waals surface area contributed by atoms with E-state index in [0.717, 1.165) is 5.56 Å². The number of nitrogens with zero attached hydrogens (tertiary/aromatic N) is 1. The summed E-state index contributed by atoms with van der Waals surface area (Å²) in [5.41, 5.74) is 2.04. The third kappa shape index (κ3) is 2.84. The van der Waals surface area contributed by atoms with Gasteiger partial charge >= 0.3 is 0 Å². The minimum atomic E-state index is -0.296. The van der Waals surface area contributed by atoms with Crippen molar-refractivity contribution in [2.45, 2.75) is 6.29 Å². The zero-order chi connectivity index (χ0) is 13.8. The summed E-state index contributed by atoms with van der Waals surface area (Å²) in [5, 5.41) is 2.79. The van der Waals surface area contributed by atoms with Crippen molar-refractivity contribution in [3.63, 3.8) is 0 Å². The van der Waals surface area contributed by atoms with E-state index in [1.165, 1.54) is 0 Å². The monoisotopic (exact) mass is 270 g/mol. The van der Waals surface area contributed by atoms with Crippen molar-refractivity contribution >= 4 is 11.6 Å². The van der Waals surface area contributed by atoms with Crippen molar-refractivity contribution in [2.24, 2.45) is 0 Å². The van der Waals surface area contributed by atoms with Gasteiger partial charge in [0.2, 0.25) is 0 Å². The van der Waals surface area contributed by atoms with Gasteiger partial charge in [-0.15, -0.1) is 0 Å². The van der Waals surface area contributed by atoms with Gasteiger partial charge in [0.1, 0.15) is 5.69 Å². The number of ether oxygens (including phenoxy) is 2. The first kappa shape index (κ1) is 12.8. The van der Waals surface area contributed by atoms with Crippen molar-refractivity contribution in [3.05, 3.63) is 59.9 Å². The van der Waals surface area contributed by atoms with Crippen molar-refractivity contribution in [1.82, 2.24) is 4.98 Å². The predicted molar refractivity (Wildman–Crippen MR) is 73.3 cm³/mol. The number of carbonyl (C=O) groups is 1. The molecule has 20 heavy (non-hydrogen) atoms. The molecule has 0 radical (unpaired) electrons. The zero-order valence-electron chi connectivity index (χ0n) is 10.8. The van der Waals surface area contributed by atoms with E-state index in [9.17, 15) is 4.79 Å². The molecule has 0 spiro atoms. The largest absolute Gasteiger partial charge is 0.346 e. The molecular formula is C15H14N2O3. The van der Waals surface area contributed by atoms with Crippen LogP contribution in [0.4, 0.5) is 5.69 Å². The van der Waals surface area contributed by atoms with E-state index in [1.54, 1.807) is 24.4 Å². The van der Waals surface area contributed by atoms with Crippen LogP contribution in [-0.2, 0) is 9.47 Å². The molecule has 2 aromatic rings. The summed E-state index contributed by atoms with van der Waals surface area (Å²) in [4.78, 5) is 15.9. The van der Waals surface area contributed by atoms with Crippen molar-refractivity contribution in [1.29, 1.82) is 0 Å². The Balaban J connectivity index is 1.67. The van der Waals surface area contributed by atoms with Crippen molar-refractivity contribution in [3.8, 4) is 0 Å². The van der Waals surface area contributed by atoms with Crippen LogP contribution < -0.4 is 5.32 Å². The van der Waals surface area contributed by atoms with Crippen LogP contribution in [0, 0.1) is 0 Å². The maximum Gasteiger partial charge on any atom is 0.274 e. The number of hydrogen-bond acceptors (Lipinski definition) is 4. The van der Waals surface area contributed by atoms with Gasteiger partial charge < -0.3 is 14.8 Å².